The second kappa shape index (κ2) is 8.49. The first-order valence-corrected chi connectivity index (χ1v) is 5.99. The molecule has 0 bridgehead atoms. The van der Waals surface area contributed by atoms with Gasteiger partial charge >= 0.3 is 11.9 Å². The summed E-state index contributed by atoms with van der Waals surface area (Å²) in [5, 5.41) is 19.9. The van der Waals surface area contributed by atoms with Crippen molar-refractivity contribution >= 4 is 47.5 Å². The van der Waals surface area contributed by atoms with E-state index in [1.807, 2.05) is 42.5 Å². The van der Waals surface area contributed by atoms with Gasteiger partial charge in [-0.1, -0.05) is 42.5 Å². The Morgan fingerprint density at radius 1 is 0.952 bits per heavy atom. The Morgan fingerprint density at radius 3 is 2.19 bits per heavy atom. The van der Waals surface area contributed by atoms with Gasteiger partial charge in [-0.15, -0.1) is 24.8 Å². The minimum Gasteiger partial charge on any atom is -0.481 e. The number of benzene rings is 2. The van der Waals surface area contributed by atoms with Gasteiger partial charge in [0.25, 0.3) is 0 Å². The summed E-state index contributed by atoms with van der Waals surface area (Å²) in [5.41, 5.74) is 0.867. The van der Waals surface area contributed by atoms with E-state index in [-0.39, 0.29) is 37.7 Å². The molecule has 6 heteroatoms. The van der Waals surface area contributed by atoms with Gasteiger partial charge in [0, 0.05) is 0 Å². The minimum atomic E-state index is -1.09. The van der Waals surface area contributed by atoms with Crippen LogP contribution in [0.4, 0.5) is 0 Å². The molecular weight excluding hydrogens is 315 g/mol. The van der Waals surface area contributed by atoms with Crippen molar-refractivity contribution < 1.29 is 19.8 Å². The van der Waals surface area contributed by atoms with Gasteiger partial charge in [0.15, 0.2) is 0 Å². The minimum absolute atomic E-state index is 0. The number of carboxylic acids is 2. The molecule has 2 N–H and O–H groups in total. The third kappa shape index (κ3) is 4.92. The van der Waals surface area contributed by atoms with Crippen LogP contribution in [0.5, 0.6) is 0 Å². The van der Waals surface area contributed by atoms with E-state index >= 15 is 0 Å². The Morgan fingerprint density at radius 2 is 1.57 bits per heavy atom. The maximum Gasteiger partial charge on any atom is 0.307 e. The topological polar surface area (TPSA) is 74.6 Å². The summed E-state index contributed by atoms with van der Waals surface area (Å²) in [6, 6.07) is 13.3. The van der Waals surface area contributed by atoms with E-state index in [0.717, 1.165) is 16.3 Å². The molecule has 2 rings (SSSR count). The molecule has 0 saturated carbocycles. The van der Waals surface area contributed by atoms with Gasteiger partial charge in [-0.25, -0.2) is 0 Å². The summed E-state index contributed by atoms with van der Waals surface area (Å²) in [5.74, 6) is -3.06. The molecule has 0 fully saturated rings. The monoisotopic (exact) mass is 330 g/mol. The fourth-order valence-corrected chi connectivity index (χ4v) is 2.19. The lowest BCUT2D eigenvalue weighted by Gasteiger charge is -2.12. The van der Waals surface area contributed by atoms with Crippen molar-refractivity contribution in [3.63, 3.8) is 0 Å². The number of hydrogen-bond donors (Lipinski definition) is 2. The normalized spacial score (nSPS) is 11.0. The number of carboxylic acid groups (broad SMARTS) is 2. The van der Waals surface area contributed by atoms with Crippen LogP contribution in [0, 0.1) is 5.92 Å². The van der Waals surface area contributed by atoms with Gasteiger partial charge in [0.2, 0.25) is 0 Å². The molecular formula is C15H16Cl2O4. The highest BCUT2D eigenvalue weighted by Crippen LogP contribution is 2.22. The first-order valence-electron chi connectivity index (χ1n) is 5.99. The van der Waals surface area contributed by atoms with Crippen LogP contribution >= 0.6 is 24.8 Å². The van der Waals surface area contributed by atoms with Crippen molar-refractivity contribution in [1.29, 1.82) is 0 Å². The van der Waals surface area contributed by atoms with E-state index in [9.17, 15) is 9.59 Å². The predicted octanol–water partition coefficient (Wildman–Crippen LogP) is 3.40. The largest absolute Gasteiger partial charge is 0.481 e. The second-order valence-electron chi connectivity index (χ2n) is 4.48. The highest BCUT2D eigenvalue weighted by atomic mass is 35.5. The molecule has 0 amide bonds. The van der Waals surface area contributed by atoms with Crippen molar-refractivity contribution in [2.75, 3.05) is 0 Å². The Bertz CT molecular complexity index is 623. The van der Waals surface area contributed by atoms with Crippen LogP contribution in [0.25, 0.3) is 10.8 Å². The van der Waals surface area contributed by atoms with Crippen molar-refractivity contribution in [2.24, 2.45) is 5.92 Å². The van der Waals surface area contributed by atoms with Crippen LogP contribution in [-0.2, 0) is 16.0 Å². The summed E-state index contributed by atoms with van der Waals surface area (Å²) in [7, 11) is 0. The van der Waals surface area contributed by atoms with Crippen LogP contribution in [0.15, 0.2) is 42.5 Å². The predicted molar refractivity (Wildman–Crippen MR) is 85.5 cm³/mol. The molecule has 0 saturated heterocycles. The Kier molecular flexibility index (Phi) is 7.77. The molecule has 114 valence electrons. The Balaban J connectivity index is 0.00000200. The van der Waals surface area contributed by atoms with Crippen LogP contribution in [0.2, 0.25) is 0 Å². The highest BCUT2D eigenvalue weighted by Gasteiger charge is 2.22. The Hall–Kier alpha value is -1.78. The molecule has 0 spiro atoms. The van der Waals surface area contributed by atoms with Crippen molar-refractivity contribution in [3.8, 4) is 0 Å². The molecule has 0 radical (unpaired) electrons. The van der Waals surface area contributed by atoms with E-state index in [4.69, 9.17) is 10.2 Å². The lowest BCUT2D eigenvalue weighted by molar-refractivity contribution is -0.148. The van der Waals surface area contributed by atoms with Crippen molar-refractivity contribution in [2.45, 2.75) is 12.8 Å². The fourth-order valence-electron chi connectivity index (χ4n) is 2.19. The third-order valence-corrected chi connectivity index (χ3v) is 3.12. The van der Waals surface area contributed by atoms with Gasteiger partial charge < -0.3 is 10.2 Å². The lowest BCUT2D eigenvalue weighted by atomic mass is 9.93. The summed E-state index contributed by atoms with van der Waals surface area (Å²) in [6.45, 7) is 0. The quantitative estimate of drug-likeness (QED) is 0.880. The molecule has 0 aliphatic carbocycles. The molecule has 2 aromatic rings. The van der Waals surface area contributed by atoms with Gasteiger partial charge in [0.05, 0.1) is 12.3 Å². The molecule has 0 aliphatic heterocycles. The maximum absolute atomic E-state index is 11.1. The molecule has 0 aromatic heterocycles. The summed E-state index contributed by atoms with van der Waals surface area (Å²) in [4.78, 5) is 21.8. The Labute approximate surface area is 134 Å². The number of fused-ring (bicyclic) bond motifs is 1. The van der Waals surface area contributed by atoms with Crippen LogP contribution in [-0.4, -0.2) is 22.2 Å². The van der Waals surface area contributed by atoms with Crippen LogP contribution < -0.4 is 0 Å². The van der Waals surface area contributed by atoms with E-state index in [1.165, 1.54) is 0 Å². The van der Waals surface area contributed by atoms with E-state index < -0.39 is 17.9 Å². The first kappa shape index (κ1) is 19.2. The van der Waals surface area contributed by atoms with Gasteiger partial charge in [-0.3, -0.25) is 9.59 Å². The highest BCUT2D eigenvalue weighted by molar-refractivity contribution is 5.86. The second-order valence-corrected chi connectivity index (χ2v) is 4.48. The van der Waals surface area contributed by atoms with E-state index in [1.54, 1.807) is 0 Å². The average Bonchev–Trinajstić information content (AvgIpc) is 2.37. The molecule has 1 unspecified atom stereocenters. The molecule has 21 heavy (non-hydrogen) atoms. The SMILES string of the molecule is Cl.Cl.O=C(O)CC(Cc1cccc2ccccc12)C(=O)O. The van der Waals surface area contributed by atoms with Crippen LogP contribution in [0.3, 0.4) is 0 Å². The van der Waals surface area contributed by atoms with Crippen molar-refractivity contribution in [1.82, 2.24) is 0 Å². The van der Waals surface area contributed by atoms with Gasteiger partial charge in [-0.2, -0.15) is 0 Å². The standard InChI is InChI=1S/C15H14O4.2ClH/c16-14(17)9-12(15(18)19)8-11-6-3-5-10-4-1-2-7-13(10)11;;/h1-7,12H,8-9H2,(H,16,17)(H,18,19);2*1H. The zero-order valence-corrected chi connectivity index (χ0v) is 12.7. The van der Waals surface area contributed by atoms with Crippen LogP contribution in [0.1, 0.15) is 12.0 Å². The summed E-state index contributed by atoms with van der Waals surface area (Å²) >= 11 is 0. The first-order chi connectivity index (χ1) is 9.08. The number of hydrogen-bond acceptors (Lipinski definition) is 2. The smallest absolute Gasteiger partial charge is 0.307 e. The maximum atomic E-state index is 11.1. The van der Waals surface area contributed by atoms with Gasteiger partial charge in [0.1, 0.15) is 0 Å². The van der Waals surface area contributed by atoms with E-state index in [0.29, 0.717) is 0 Å². The summed E-state index contributed by atoms with van der Waals surface area (Å²) < 4.78 is 0. The molecule has 4 nitrogen and oxygen atoms in total. The summed E-state index contributed by atoms with van der Waals surface area (Å²) in [6.07, 6.45) is -0.137. The fraction of sp³-hybridized carbons (Fsp3) is 0.200. The number of rotatable bonds is 5. The average molecular weight is 331 g/mol. The zero-order chi connectivity index (χ0) is 13.8. The zero-order valence-electron chi connectivity index (χ0n) is 11.1. The van der Waals surface area contributed by atoms with Crippen molar-refractivity contribution in [3.05, 3.63) is 48.0 Å². The number of halogens is 2. The number of aliphatic carboxylic acids is 2. The van der Waals surface area contributed by atoms with E-state index in [2.05, 4.69) is 0 Å². The van der Waals surface area contributed by atoms with Gasteiger partial charge in [-0.05, 0) is 22.8 Å². The lowest BCUT2D eigenvalue weighted by Crippen LogP contribution is -2.20. The third-order valence-electron chi connectivity index (χ3n) is 3.12. The molecule has 0 aliphatic rings. The molecule has 1 atom stereocenters. The molecule has 2 aromatic carbocycles. The molecule has 0 heterocycles. The number of carbonyl (C=O) groups is 2.